The molecule has 12 heteroatoms. The molecule has 0 aliphatic carbocycles. The molecule has 4 rings (SSSR count). The molecule has 0 radical (unpaired) electrons. The fourth-order valence-corrected chi connectivity index (χ4v) is 5.45. The molecule has 0 unspecified atom stereocenters. The molecular formula is C30H33N5O6S. The highest BCUT2D eigenvalue weighted by Gasteiger charge is 2.17. The zero-order chi connectivity index (χ0) is 30.1. The van der Waals surface area contributed by atoms with Gasteiger partial charge in [0, 0.05) is 48.3 Å². The van der Waals surface area contributed by atoms with Crippen molar-refractivity contribution in [2.24, 2.45) is 0 Å². The minimum absolute atomic E-state index is 0.134. The molecule has 0 aliphatic rings. The summed E-state index contributed by atoms with van der Waals surface area (Å²) in [6, 6.07) is 19.1. The molecule has 0 atom stereocenters. The summed E-state index contributed by atoms with van der Waals surface area (Å²) in [4.78, 5) is 43.7. The third-order valence-electron chi connectivity index (χ3n) is 6.11. The lowest BCUT2D eigenvalue weighted by molar-refractivity contribution is -0.140. The van der Waals surface area contributed by atoms with Gasteiger partial charge in [-0.15, -0.1) is 0 Å². The van der Waals surface area contributed by atoms with Crippen molar-refractivity contribution in [3.8, 4) is 22.9 Å². The second kappa shape index (κ2) is 13.6. The van der Waals surface area contributed by atoms with Gasteiger partial charge in [-0.25, -0.2) is 4.79 Å². The van der Waals surface area contributed by atoms with Crippen molar-refractivity contribution in [1.82, 2.24) is 14.7 Å². The lowest BCUT2D eigenvalue weighted by atomic mass is 10.2. The fraction of sp³-hybridized carbons (Fsp3) is 0.200. The molecule has 2 heterocycles. The summed E-state index contributed by atoms with van der Waals surface area (Å²) in [5.74, 6) is 0.374. The monoisotopic (exact) mass is 591 g/mol. The number of ether oxygens (including phenoxy) is 2. The number of methoxy groups -OCH3 is 1. The maximum Gasteiger partial charge on any atom is 0.323 e. The number of carbonyl (C=O) groups is 3. The normalized spacial score (nSPS) is 11.3. The van der Waals surface area contributed by atoms with Crippen LogP contribution in [0.4, 0.5) is 16.2 Å². The first kappa shape index (κ1) is 30.0. The van der Waals surface area contributed by atoms with E-state index in [4.69, 9.17) is 4.74 Å². The predicted octanol–water partition coefficient (Wildman–Crippen LogP) is 5.07. The number of hydrogen-bond donors (Lipinski definition) is 5. The Hall–Kier alpha value is -4.97. The number of H-pyrrole nitrogens is 1. The highest BCUT2D eigenvalue weighted by Crippen LogP contribution is 2.27. The smallest absolute Gasteiger partial charge is 0.323 e. The van der Waals surface area contributed by atoms with Crippen LogP contribution < -0.4 is 20.1 Å². The summed E-state index contributed by atoms with van der Waals surface area (Å²) >= 11 is 0. The Morgan fingerprint density at radius 1 is 0.952 bits per heavy atom. The Morgan fingerprint density at radius 3 is 2.45 bits per heavy atom. The molecule has 4 N–H and O–H groups in total. The van der Waals surface area contributed by atoms with Crippen molar-refractivity contribution in [2.75, 3.05) is 29.8 Å². The number of esters is 1. The number of nitrogens with one attached hydrogen (secondary N) is 4. The number of urea groups is 1. The molecule has 2 aromatic heterocycles. The number of aromatic amines is 1. The van der Waals surface area contributed by atoms with Crippen LogP contribution in [0, 0.1) is 6.92 Å². The van der Waals surface area contributed by atoms with Crippen molar-refractivity contribution in [1.29, 1.82) is 0 Å². The first-order valence-corrected chi connectivity index (χ1v) is 15.5. The number of aromatic nitrogens is 2. The zero-order valence-corrected chi connectivity index (χ0v) is 24.4. The summed E-state index contributed by atoms with van der Waals surface area (Å²) in [6.45, 7) is 1.95. The molecule has 0 fully saturated rings. The third kappa shape index (κ3) is 8.77. The van der Waals surface area contributed by atoms with Crippen LogP contribution in [0.15, 0.2) is 79.1 Å². The minimum atomic E-state index is -3.00. The van der Waals surface area contributed by atoms with Gasteiger partial charge in [0.1, 0.15) is 11.5 Å². The van der Waals surface area contributed by atoms with Crippen molar-refractivity contribution >= 4 is 39.4 Å². The summed E-state index contributed by atoms with van der Waals surface area (Å²) in [5.41, 5.74) is 3.75. The average Bonchev–Trinajstić information content (AvgIpc) is 3.45. The second-order valence-corrected chi connectivity index (χ2v) is 12.6. The summed E-state index contributed by atoms with van der Waals surface area (Å²) in [6.07, 6.45) is 5.04. The molecule has 220 valence electrons. The van der Waals surface area contributed by atoms with E-state index in [9.17, 15) is 18.6 Å². The van der Waals surface area contributed by atoms with E-state index in [-0.39, 0.29) is 24.2 Å². The van der Waals surface area contributed by atoms with Gasteiger partial charge in [0.15, 0.2) is 0 Å². The van der Waals surface area contributed by atoms with Crippen molar-refractivity contribution in [3.05, 3.63) is 90.3 Å². The van der Waals surface area contributed by atoms with Gasteiger partial charge < -0.3 is 25.1 Å². The van der Waals surface area contributed by atoms with Crippen molar-refractivity contribution in [3.63, 3.8) is 0 Å². The lowest BCUT2D eigenvalue weighted by Crippen LogP contribution is -2.37. The number of aryl methyl sites for hydroxylation is 1. The van der Waals surface area contributed by atoms with E-state index in [2.05, 4.69) is 30.1 Å². The Labute approximate surface area is 244 Å². The number of amides is 3. The van der Waals surface area contributed by atoms with Gasteiger partial charge in [-0.2, -0.15) is 0 Å². The van der Waals surface area contributed by atoms with E-state index in [0.29, 0.717) is 46.2 Å². The van der Waals surface area contributed by atoms with Crippen LogP contribution in [-0.2, 0) is 19.7 Å². The van der Waals surface area contributed by atoms with Gasteiger partial charge in [0.2, 0.25) is 0 Å². The van der Waals surface area contributed by atoms with Crippen molar-refractivity contribution in [2.45, 2.75) is 19.8 Å². The van der Waals surface area contributed by atoms with Gasteiger partial charge in [0.25, 0.3) is 5.91 Å². The highest BCUT2D eigenvalue weighted by molar-refractivity contribution is 8.01. The largest absolute Gasteiger partial charge is 0.469 e. The first-order valence-electron chi connectivity index (χ1n) is 13.1. The molecule has 3 amide bonds. The number of benzene rings is 2. The maximum atomic E-state index is 12.8. The van der Waals surface area contributed by atoms with Crippen LogP contribution in [-0.4, -0.2) is 51.2 Å². The van der Waals surface area contributed by atoms with E-state index in [0.717, 1.165) is 5.56 Å². The average molecular weight is 592 g/mol. The predicted molar refractivity (Wildman–Crippen MR) is 163 cm³/mol. The third-order valence-corrected chi connectivity index (χ3v) is 7.95. The molecule has 0 spiro atoms. The summed E-state index contributed by atoms with van der Waals surface area (Å²) in [5, 5.41) is 5.58. The molecule has 4 aromatic rings. The van der Waals surface area contributed by atoms with E-state index in [1.54, 1.807) is 48.7 Å². The van der Waals surface area contributed by atoms with Crippen LogP contribution in [0.2, 0.25) is 0 Å². The van der Waals surface area contributed by atoms with Gasteiger partial charge in [-0.1, -0.05) is 12.1 Å². The van der Waals surface area contributed by atoms with E-state index in [1.807, 2.05) is 31.2 Å². The van der Waals surface area contributed by atoms with Gasteiger partial charge >= 0.3 is 12.0 Å². The molecule has 0 bridgehead atoms. The SMILES string of the molecule is COC(=O)CCC[SH](C)(=O)NC(=O)c1c[nH]c(-c2cc(Oc3ccc(NC(=O)Nc4cccc(C)c4)cc3)ccn2)c1. The topological polar surface area (TPSA) is 152 Å². The van der Waals surface area contributed by atoms with Crippen LogP contribution in [0.25, 0.3) is 11.4 Å². The molecule has 42 heavy (non-hydrogen) atoms. The number of hydrogen-bond acceptors (Lipinski definition) is 7. The zero-order valence-electron chi connectivity index (χ0n) is 23.5. The number of rotatable bonds is 11. The quantitative estimate of drug-likeness (QED) is 0.121. The van der Waals surface area contributed by atoms with Gasteiger partial charge in [-0.3, -0.25) is 23.5 Å². The molecule has 11 nitrogen and oxygen atoms in total. The van der Waals surface area contributed by atoms with Crippen LogP contribution >= 0.6 is 0 Å². The van der Waals surface area contributed by atoms with E-state index >= 15 is 0 Å². The number of nitrogens with zero attached hydrogens (tertiary/aromatic N) is 1. The van der Waals surface area contributed by atoms with E-state index in [1.165, 1.54) is 19.6 Å². The summed E-state index contributed by atoms with van der Waals surface area (Å²) in [7, 11) is -1.71. The molecule has 0 aliphatic heterocycles. The number of thiol groups is 1. The van der Waals surface area contributed by atoms with Gasteiger partial charge in [0.05, 0.1) is 24.1 Å². The number of anilines is 2. The van der Waals surface area contributed by atoms with E-state index < -0.39 is 16.0 Å². The fourth-order valence-electron chi connectivity index (χ4n) is 4.02. The second-order valence-electron chi connectivity index (χ2n) is 9.70. The summed E-state index contributed by atoms with van der Waals surface area (Å²) < 4.78 is 25.9. The molecule has 2 aromatic carbocycles. The first-order chi connectivity index (χ1) is 20.1. The Bertz CT molecular complexity index is 1620. The highest BCUT2D eigenvalue weighted by atomic mass is 32.3. The Morgan fingerprint density at radius 2 is 1.71 bits per heavy atom. The van der Waals surface area contributed by atoms with Crippen molar-refractivity contribution < 1.29 is 28.1 Å². The minimum Gasteiger partial charge on any atom is -0.469 e. The molecule has 0 saturated heterocycles. The lowest BCUT2D eigenvalue weighted by Gasteiger charge is -2.19. The number of carbonyl (C=O) groups excluding carboxylic acids is 3. The standard InChI is InChI=1S/C30H33N5O6S/c1-20-6-4-7-23(16-20)34-30(38)33-22-9-11-24(12-10-22)41-25-13-14-31-27(18-25)26-17-21(19-32-26)29(37)35-42(3,39)15-5-8-28(36)40-2/h4,6-7,9-14,16-19,32,42H,5,8,15H2,1-3H3,(H2,33,34,38)(H,35,37,39). The van der Waals surface area contributed by atoms with Gasteiger partial charge in [-0.05, 0) is 77.6 Å². The molecule has 0 saturated carbocycles. The van der Waals surface area contributed by atoms with Crippen LogP contribution in [0.1, 0.15) is 28.8 Å². The van der Waals surface area contributed by atoms with Crippen LogP contribution in [0.5, 0.6) is 11.5 Å². The molecular weight excluding hydrogens is 558 g/mol. The maximum absolute atomic E-state index is 12.8. The Balaban J connectivity index is 1.33. The Kier molecular flexibility index (Phi) is 9.71. The number of pyridine rings is 1. The van der Waals surface area contributed by atoms with Crippen LogP contribution in [0.3, 0.4) is 0 Å².